The van der Waals surface area contributed by atoms with Crippen molar-refractivity contribution in [3.63, 3.8) is 0 Å². The van der Waals surface area contributed by atoms with Crippen LogP contribution in [0.3, 0.4) is 0 Å². The molecule has 0 unspecified atom stereocenters. The molecule has 1 rings (SSSR count). The van der Waals surface area contributed by atoms with E-state index in [9.17, 15) is 0 Å². The Balaban J connectivity index is 3.13. The van der Waals surface area contributed by atoms with Gasteiger partial charge in [0.15, 0.2) is 0 Å². The van der Waals surface area contributed by atoms with Gasteiger partial charge in [-0.2, -0.15) is 0 Å². The van der Waals surface area contributed by atoms with Crippen LogP contribution in [0.15, 0.2) is 18.2 Å². The molecule has 1 nitrogen and oxygen atoms in total. The Bertz CT molecular complexity index is 313. The summed E-state index contributed by atoms with van der Waals surface area (Å²) in [4.78, 5) is 0. The first-order valence-corrected chi connectivity index (χ1v) is 3.98. The summed E-state index contributed by atoms with van der Waals surface area (Å²) < 4.78 is 0. The third-order valence-electron chi connectivity index (χ3n) is 1.51. The van der Waals surface area contributed by atoms with E-state index in [4.69, 9.17) is 16.7 Å². The third-order valence-corrected chi connectivity index (χ3v) is 1.83. The number of aryl methyl sites for hydroxylation is 1. The molecule has 0 spiro atoms. The Labute approximate surface area is 77.0 Å². The van der Waals surface area contributed by atoms with Crippen molar-refractivity contribution in [2.45, 2.75) is 6.92 Å². The van der Waals surface area contributed by atoms with Crippen molar-refractivity contribution < 1.29 is 5.11 Å². The number of hydrogen-bond acceptors (Lipinski definition) is 1. The predicted octanol–water partition coefficient (Wildman–Crippen LogP) is 1.99. The van der Waals surface area contributed by atoms with Gasteiger partial charge in [0.25, 0.3) is 0 Å². The van der Waals surface area contributed by atoms with E-state index in [2.05, 4.69) is 11.8 Å². The molecule has 1 N–H and O–H groups in total. The van der Waals surface area contributed by atoms with Gasteiger partial charge in [0.2, 0.25) is 0 Å². The molecule has 62 valence electrons. The number of hydrogen-bond donors (Lipinski definition) is 1. The lowest BCUT2D eigenvalue weighted by Gasteiger charge is -1.98. The fourth-order valence-electron chi connectivity index (χ4n) is 0.918. The SMILES string of the molecule is Cc1cccc(Cl)c1C#CCO. The van der Waals surface area contributed by atoms with Crippen LogP contribution in [0.2, 0.25) is 5.02 Å². The second-order valence-corrected chi connectivity index (χ2v) is 2.80. The maximum absolute atomic E-state index is 8.49. The minimum atomic E-state index is -0.134. The van der Waals surface area contributed by atoms with Crippen LogP contribution in [-0.2, 0) is 0 Å². The summed E-state index contributed by atoms with van der Waals surface area (Å²) in [6.45, 7) is 1.80. The van der Waals surface area contributed by atoms with E-state index in [1.54, 1.807) is 6.07 Å². The van der Waals surface area contributed by atoms with Gasteiger partial charge in [0.05, 0.1) is 5.02 Å². The highest BCUT2D eigenvalue weighted by molar-refractivity contribution is 6.31. The lowest BCUT2D eigenvalue weighted by molar-refractivity contribution is 0.350. The van der Waals surface area contributed by atoms with Gasteiger partial charge in [0, 0.05) is 5.56 Å². The fraction of sp³-hybridized carbons (Fsp3) is 0.200. The molecule has 0 aliphatic rings. The highest BCUT2D eigenvalue weighted by Gasteiger charge is 1.98. The Morgan fingerprint density at radius 2 is 2.25 bits per heavy atom. The van der Waals surface area contributed by atoms with E-state index in [1.807, 2.05) is 19.1 Å². The van der Waals surface area contributed by atoms with Crippen LogP contribution in [0.5, 0.6) is 0 Å². The van der Waals surface area contributed by atoms with Crippen LogP contribution in [0, 0.1) is 18.8 Å². The van der Waals surface area contributed by atoms with Crippen molar-refractivity contribution in [3.8, 4) is 11.8 Å². The highest BCUT2D eigenvalue weighted by atomic mass is 35.5. The van der Waals surface area contributed by atoms with Gasteiger partial charge in [-0.3, -0.25) is 0 Å². The first kappa shape index (κ1) is 9.12. The summed E-state index contributed by atoms with van der Waals surface area (Å²) in [7, 11) is 0. The molecular formula is C10H9ClO. The molecule has 0 aliphatic heterocycles. The Morgan fingerprint density at radius 1 is 1.50 bits per heavy atom. The molecule has 0 saturated carbocycles. The topological polar surface area (TPSA) is 20.2 Å². The largest absolute Gasteiger partial charge is 0.384 e. The van der Waals surface area contributed by atoms with Gasteiger partial charge < -0.3 is 5.11 Å². The normalized spacial score (nSPS) is 8.92. The average molecular weight is 181 g/mol. The van der Waals surface area contributed by atoms with Crippen molar-refractivity contribution in [3.05, 3.63) is 34.3 Å². The number of aliphatic hydroxyl groups is 1. The summed E-state index contributed by atoms with van der Waals surface area (Å²) in [6, 6.07) is 5.60. The van der Waals surface area contributed by atoms with Gasteiger partial charge >= 0.3 is 0 Å². The van der Waals surface area contributed by atoms with Crippen LogP contribution < -0.4 is 0 Å². The summed E-state index contributed by atoms with van der Waals surface area (Å²) >= 11 is 5.88. The van der Waals surface area contributed by atoms with Gasteiger partial charge in [0.1, 0.15) is 6.61 Å². The van der Waals surface area contributed by atoms with Crippen LogP contribution in [0.1, 0.15) is 11.1 Å². The van der Waals surface area contributed by atoms with Crippen molar-refractivity contribution in [1.82, 2.24) is 0 Å². The van der Waals surface area contributed by atoms with Crippen LogP contribution in [-0.4, -0.2) is 11.7 Å². The molecule has 12 heavy (non-hydrogen) atoms. The van der Waals surface area contributed by atoms with E-state index in [1.165, 1.54) is 0 Å². The van der Waals surface area contributed by atoms with Gasteiger partial charge in [-0.15, -0.1) is 0 Å². The minimum absolute atomic E-state index is 0.134. The molecule has 0 aromatic heterocycles. The van der Waals surface area contributed by atoms with Crippen LogP contribution in [0.25, 0.3) is 0 Å². The monoisotopic (exact) mass is 180 g/mol. The van der Waals surface area contributed by atoms with Crippen LogP contribution >= 0.6 is 11.6 Å². The molecule has 1 aromatic rings. The van der Waals surface area contributed by atoms with Crippen molar-refractivity contribution in [2.75, 3.05) is 6.61 Å². The summed E-state index contributed by atoms with van der Waals surface area (Å²) in [6.07, 6.45) is 0. The van der Waals surface area contributed by atoms with Gasteiger partial charge in [-0.05, 0) is 18.6 Å². The Morgan fingerprint density at radius 3 is 2.83 bits per heavy atom. The standard InChI is InChI=1S/C10H9ClO/c1-8-4-2-6-10(11)9(8)5-3-7-12/h2,4,6,12H,7H2,1H3. The summed E-state index contributed by atoms with van der Waals surface area (Å²) in [5.41, 5.74) is 1.83. The van der Waals surface area contributed by atoms with Gasteiger partial charge in [-0.25, -0.2) is 0 Å². The smallest absolute Gasteiger partial charge is 0.104 e. The second kappa shape index (κ2) is 4.15. The molecule has 0 amide bonds. The molecule has 0 aliphatic carbocycles. The first-order valence-electron chi connectivity index (χ1n) is 3.60. The molecule has 0 fully saturated rings. The zero-order valence-electron chi connectivity index (χ0n) is 6.76. The van der Waals surface area contributed by atoms with Gasteiger partial charge in [-0.1, -0.05) is 35.6 Å². The molecule has 1 aromatic carbocycles. The second-order valence-electron chi connectivity index (χ2n) is 2.39. The van der Waals surface area contributed by atoms with E-state index in [-0.39, 0.29) is 6.61 Å². The lowest BCUT2D eigenvalue weighted by Crippen LogP contribution is -1.83. The molecule has 0 radical (unpaired) electrons. The fourth-order valence-corrected chi connectivity index (χ4v) is 1.19. The minimum Gasteiger partial charge on any atom is -0.384 e. The van der Waals surface area contributed by atoms with Crippen molar-refractivity contribution >= 4 is 11.6 Å². The third kappa shape index (κ3) is 2.01. The maximum atomic E-state index is 8.49. The number of rotatable bonds is 0. The molecule has 2 heteroatoms. The van der Waals surface area contributed by atoms with E-state index in [0.717, 1.165) is 11.1 Å². The quantitative estimate of drug-likeness (QED) is 0.606. The van der Waals surface area contributed by atoms with Crippen LogP contribution in [0.4, 0.5) is 0 Å². The number of benzene rings is 1. The molecule has 0 atom stereocenters. The lowest BCUT2D eigenvalue weighted by atomic mass is 10.1. The number of aliphatic hydroxyl groups excluding tert-OH is 1. The van der Waals surface area contributed by atoms with E-state index < -0.39 is 0 Å². The van der Waals surface area contributed by atoms with E-state index in [0.29, 0.717) is 5.02 Å². The number of halogens is 1. The van der Waals surface area contributed by atoms with Crippen molar-refractivity contribution in [2.24, 2.45) is 0 Å². The molecular weight excluding hydrogens is 172 g/mol. The van der Waals surface area contributed by atoms with E-state index >= 15 is 0 Å². The summed E-state index contributed by atoms with van der Waals surface area (Å²) in [5, 5.41) is 9.13. The molecule has 0 heterocycles. The maximum Gasteiger partial charge on any atom is 0.104 e. The first-order chi connectivity index (χ1) is 5.75. The zero-order valence-corrected chi connectivity index (χ0v) is 7.52. The Hall–Kier alpha value is -0.970. The molecule has 0 bridgehead atoms. The Kier molecular flexibility index (Phi) is 3.16. The summed E-state index contributed by atoms with van der Waals surface area (Å²) in [5.74, 6) is 5.37. The zero-order chi connectivity index (χ0) is 8.97. The highest BCUT2D eigenvalue weighted by Crippen LogP contribution is 2.17. The average Bonchev–Trinajstić information content (AvgIpc) is 2.04. The molecule has 0 saturated heterocycles. The van der Waals surface area contributed by atoms with Crippen molar-refractivity contribution in [1.29, 1.82) is 0 Å². The predicted molar refractivity (Wildman–Crippen MR) is 50.2 cm³/mol.